The number of carbonyl (C=O) groups is 4. The van der Waals surface area contributed by atoms with Crippen LogP contribution in [0.3, 0.4) is 0 Å². The van der Waals surface area contributed by atoms with E-state index < -0.39 is 97.5 Å². The molecule has 0 spiro atoms. The molecule has 102 heavy (non-hydrogen) atoms. The molecule has 606 valence electrons. The first-order chi connectivity index (χ1) is 49.2. The van der Waals surface area contributed by atoms with Gasteiger partial charge in [0.05, 0.1) is 26.4 Å². The molecule has 0 aromatic heterocycles. The summed E-state index contributed by atoms with van der Waals surface area (Å²) in [5.41, 5.74) is 0. The van der Waals surface area contributed by atoms with Gasteiger partial charge in [0.2, 0.25) is 0 Å². The smallest absolute Gasteiger partial charge is 0.462 e. The van der Waals surface area contributed by atoms with E-state index in [9.17, 15) is 43.2 Å². The van der Waals surface area contributed by atoms with Crippen LogP contribution in [0.25, 0.3) is 0 Å². The maximum Gasteiger partial charge on any atom is 0.472 e. The number of hydrogen-bond acceptors (Lipinski definition) is 15. The lowest BCUT2D eigenvalue weighted by Crippen LogP contribution is -2.30. The van der Waals surface area contributed by atoms with Gasteiger partial charge in [0.25, 0.3) is 0 Å². The summed E-state index contributed by atoms with van der Waals surface area (Å²) in [4.78, 5) is 73.0. The van der Waals surface area contributed by atoms with Gasteiger partial charge in [-0.3, -0.25) is 37.3 Å². The summed E-state index contributed by atoms with van der Waals surface area (Å²) in [6, 6.07) is 0. The largest absolute Gasteiger partial charge is 0.472 e. The van der Waals surface area contributed by atoms with E-state index in [1.54, 1.807) is 0 Å². The van der Waals surface area contributed by atoms with E-state index in [4.69, 9.17) is 37.0 Å². The normalized spacial score (nSPS) is 14.8. The maximum atomic E-state index is 13.1. The van der Waals surface area contributed by atoms with Gasteiger partial charge >= 0.3 is 39.5 Å². The van der Waals surface area contributed by atoms with Crippen LogP contribution < -0.4 is 0 Å². The fraction of sp³-hybridized carbons (Fsp3) is 0.952. The second kappa shape index (κ2) is 72.0. The highest BCUT2D eigenvalue weighted by atomic mass is 31.2. The summed E-state index contributed by atoms with van der Waals surface area (Å²) >= 11 is 0. The lowest BCUT2D eigenvalue weighted by atomic mass is 9.99. The number of rotatable bonds is 80. The minimum atomic E-state index is -4.96. The zero-order valence-corrected chi connectivity index (χ0v) is 69.0. The monoisotopic (exact) mass is 1490 g/mol. The second-order valence-corrected chi connectivity index (χ2v) is 34.0. The van der Waals surface area contributed by atoms with Gasteiger partial charge in [-0.05, 0) is 49.4 Å². The molecule has 0 rings (SSSR count). The first-order valence-corrected chi connectivity index (χ1v) is 45.8. The number of esters is 4. The number of ether oxygens (including phenoxy) is 4. The lowest BCUT2D eigenvalue weighted by molar-refractivity contribution is -0.161. The molecule has 0 aromatic carbocycles. The summed E-state index contributed by atoms with van der Waals surface area (Å²) in [5.74, 6) is 1.07. The SMILES string of the molecule is CCC(C)CCCCCCCCCCCCCCCCCCCCC(=O)O[C@H](COC(=O)CCCCCCCCC(C)CC)COP(=O)(O)OC[C@H](O)COP(=O)(O)OC[C@@H](COC(=O)CCCCCCCCCCCCCCCCC(C)CC)OC(=O)CCCCCCCCCCCC(C)C. The quantitative estimate of drug-likeness (QED) is 0.0222. The third-order valence-electron chi connectivity index (χ3n) is 20.4. The predicted molar refractivity (Wildman–Crippen MR) is 418 cm³/mol. The topological polar surface area (TPSA) is 237 Å². The number of aliphatic hydroxyl groups is 1. The van der Waals surface area contributed by atoms with E-state index in [1.807, 2.05) is 0 Å². The molecule has 5 unspecified atom stereocenters. The molecule has 17 nitrogen and oxygen atoms in total. The van der Waals surface area contributed by atoms with Gasteiger partial charge in [0, 0.05) is 25.7 Å². The highest BCUT2D eigenvalue weighted by Crippen LogP contribution is 2.45. The molecule has 0 aliphatic carbocycles. The summed E-state index contributed by atoms with van der Waals surface area (Å²) in [5, 5.41) is 10.6. The van der Waals surface area contributed by atoms with Gasteiger partial charge in [-0.15, -0.1) is 0 Å². The third kappa shape index (κ3) is 72.3. The van der Waals surface area contributed by atoms with Gasteiger partial charge in [0.15, 0.2) is 12.2 Å². The molecule has 0 amide bonds. The van der Waals surface area contributed by atoms with E-state index in [0.29, 0.717) is 25.7 Å². The van der Waals surface area contributed by atoms with Crippen LogP contribution in [0, 0.1) is 23.7 Å². The predicted octanol–water partition coefficient (Wildman–Crippen LogP) is 24.8. The Morgan fingerprint density at radius 2 is 0.471 bits per heavy atom. The van der Waals surface area contributed by atoms with E-state index in [2.05, 4.69) is 55.4 Å². The molecule has 0 aliphatic rings. The second-order valence-electron chi connectivity index (χ2n) is 31.1. The van der Waals surface area contributed by atoms with Crippen molar-refractivity contribution in [3.8, 4) is 0 Å². The van der Waals surface area contributed by atoms with Crippen molar-refractivity contribution in [2.75, 3.05) is 39.6 Å². The Bertz CT molecular complexity index is 1990. The molecule has 19 heteroatoms. The maximum absolute atomic E-state index is 13.1. The molecule has 0 radical (unpaired) electrons. The molecule has 0 fully saturated rings. The Labute approximate surface area is 626 Å². The zero-order chi connectivity index (χ0) is 75.3. The molecule has 0 saturated carbocycles. The number of hydrogen-bond donors (Lipinski definition) is 3. The molecule has 8 atom stereocenters. The van der Waals surface area contributed by atoms with Crippen molar-refractivity contribution in [3.05, 3.63) is 0 Å². The Morgan fingerprint density at radius 3 is 0.696 bits per heavy atom. The lowest BCUT2D eigenvalue weighted by Gasteiger charge is -2.21. The Kier molecular flexibility index (Phi) is 70.6. The Balaban J connectivity index is 5.17. The number of carbonyl (C=O) groups excluding carboxylic acids is 4. The highest BCUT2D eigenvalue weighted by Gasteiger charge is 2.30. The van der Waals surface area contributed by atoms with Crippen LogP contribution in [-0.2, 0) is 65.4 Å². The van der Waals surface area contributed by atoms with Gasteiger partial charge in [-0.1, -0.05) is 376 Å². The molecule has 0 bridgehead atoms. The van der Waals surface area contributed by atoms with Crippen molar-refractivity contribution < 1.29 is 80.2 Å². The fourth-order valence-electron chi connectivity index (χ4n) is 12.7. The van der Waals surface area contributed by atoms with Crippen molar-refractivity contribution in [3.63, 3.8) is 0 Å². The number of unbranched alkanes of at least 4 members (excludes halogenated alkanes) is 43. The molecule has 3 N–H and O–H groups in total. The standard InChI is InChI=1S/C83H162O17P2/c1-9-74(6)60-52-44-36-30-24-20-16-14-12-13-15-17-23-27-33-39-49-57-65-82(87)100-79(70-94-81(86)64-56-48-42-41-46-54-62-76(8)11-3)72-98-102(91,92)96-68-77(84)67-95-101(89,90)97-71-78(99-83(88)66-58-50-40-34-28-29-35-43-51-59-73(4)5)69-93-80(85)63-55-47-38-32-26-22-19-18-21-25-31-37-45-53-61-75(7)10-2/h73-79,84H,9-72H2,1-8H3,(H,89,90)(H,91,92)/t74?,75?,76?,77-,78-,79-/m1/s1. The van der Waals surface area contributed by atoms with Gasteiger partial charge < -0.3 is 33.8 Å². The minimum absolute atomic E-state index is 0.105. The van der Waals surface area contributed by atoms with E-state index in [-0.39, 0.29) is 25.7 Å². The van der Waals surface area contributed by atoms with Gasteiger partial charge in [-0.25, -0.2) is 9.13 Å². The van der Waals surface area contributed by atoms with Crippen LogP contribution in [0.5, 0.6) is 0 Å². The molecular formula is C83H162O17P2. The van der Waals surface area contributed by atoms with E-state index >= 15 is 0 Å². The summed E-state index contributed by atoms with van der Waals surface area (Å²) < 4.78 is 68.7. The summed E-state index contributed by atoms with van der Waals surface area (Å²) in [6.45, 7) is 14.3. The average Bonchev–Trinajstić information content (AvgIpc) is 0.910. The van der Waals surface area contributed by atoms with Gasteiger partial charge in [0.1, 0.15) is 19.3 Å². The van der Waals surface area contributed by atoms with Crippen molar-refractivity contribution in [1.82, 2.24) is 0 Å². The van der Waals surface area contributed by atoms with Crippen LogP contribution in [-0.4, -0.2) is 96.7 Å². The van der Waals surface area contributed by atoms with Crippen molar-refractivity contribution in [2.24, 2.45) is 23.7 Å². The number of phosphoric ester groups is 2. The third-order valence-corrected chi connectivity index (χ3v) is 22.3. The van der Waals surface area contributed by atoms with Crippen LogP contribution in [0.2, 0.25) is 0 Å². The van der Waals surface area contributed by atoms with E-state index in [1.165, 1.54) is 225 Å². The molecule has 0 aromatic rings. The average molecular weight is 1490 g/mol. The first kappa shape index (κ1) is 100. The van der Waals surface area contributed by atoms with Crippen LogP contribution in [0.1, 0.15) is 428 Å². The van der Waals surface area contributed by atoms with Crippen LogP contribution in [0.15, 0.2) is 0 Å². The molecular weight excluding hydrogens is 1330 g/mol. The Morgan fingerprint density at radius 1 is 0.275 bits per heavy atom. The van der Waals surface area contributed by atoms with Crippen LogP contribution >= 0.6 is 15.6 Å². The number of phosphoric acid groups is 2. The highest BCUT2D eigenvalue weighted by molar-refractivity contribution is 7.47. The van der Waals surface area contributed by atoms with Crippen molar-refractivity contribution in [1.29, 1.82) is 0 Å². The summed E-state index contributed by atoms with van der Waals surface area (Å²) in [6.07, 6.45) is 59.7. The first-order valence-electron chi connectivity index (χ1n) is 42.8. The minimum Gasteiger partial charge on any atom is -0.462 e. The Hall–Kier alpha value is -1.94. The van der Waals surface area contributed by atoms with Crippen LogP contribution in [0.4, 0.5) is 0 Å². The number of aliphatic hydroxyl groups excluding tert-OH is 1. The summed E-state index contributed by atoms with van der Waals surface area (Å²) in [7, 11) is -9.92. The van der Waals surface area contributed by atoms with Crippen molar-refractivity contribution >= 4 is 39.5 Å². The molecule has 0 aliphatic heterocycles. The van der Waals surface area contributed by atoms with Gasteiger partial charge in [-0.2, -0.15) is 0 Å². The van der Waals surface area contributed by atoms with Crippen molar-refractivity contribution in [2.45, 2.75) is 446 Å². The molecule has 0 saturated heterocycles. The molecule has 0 heterocycles. The van der Waals surface area contributed by atoms with E-state index in [0.717, 1.165) is 120 Å². The fourth-order valence-corrected chi connectivity index (χ4v) is 14.3. The zero-order valence-electron chi connectivity index (χ0n) is 67.2.